The largest absolute Gasteiger partial charge is 0.493 e. The van der Waals surface area contributed by atoms with E-state index in [1.54, 1.807) is 12.1 Å². The van der Waals surface area contributed by atoms with E-state index in [2.05, 4.69) is 10.6 Å². The number of carbonyl (C=O) groups is 2. The molecule has 0 spiro atoms. The van der Waals surface area contributed by atoms with Crippen molar-refractivity contribution in [3.8, 4) is 17.2 Å². The average molecular weight is 336 g/mol. The van der Waals surface area contributed by atoms with E-state index in [0.717, 1.165) is 25.7 Å². The first-order valence-electron chi connectivity index (χ1n) is 7.96. The van der Waals surface area contributed by atoms with Gasteiger partial charge in [-0.05, 0) is 12.8 Å². The van der Waals surface area contributed by atoms with E-state index in [1.807, 2.05) is 0 Å². The van der Waals surface area contributed by atoms with Crippen molar-refractivity contribution in [3.05, 3.63) is 12.1 Å². The Morgan fingerprint density at radius 1 is 1.00 bits per heavy atom. The Bertz CT molecular complexity index is 572. The molecule has 0 heterocycles. The van der Waals surface area contributed by atoms with E-state index in [9.17, 15) is 9.59 Å². The molecule has 1 aromatic rings. The van der Waals surface area contributed by atoms with Crippen LogP contribution in [0.3, 0.4) is 0 Å². The van der Waals surface area contributed by atoms with E-state index >= 15 is 0 Å². The van der Waals surface area contributed by atoms with Gasteiger partial charge in [-0.2, -0.15) is 0 Å². The number of anilines is 1. The smallest absolute Gasteiger partial charge is 0.233 e. The van der Waals surface area contributed by atoms with Crippen molar-refractivity contribution in [1.82, 2.24) is 5.32 Å². The Labute approximate surface area is 141 Å². The van der Waals surface area contributed by atoms with Gasteiger partial charge in [0.15, 0.2) is 11.5 Å². The van der Waals surface area contributed by atoms with Crippen LogP contribution in [0.4, 0.5) is 5.69 Å². The number of hydrogen-bond donors (Lipinski definition) is 2. The number of carbonyl (C=O) groups excluding carboxylic acids is 2. The summed E-state index contributed by atoms with van der Waals surface area (Å²) in [6, 6.07) is 3.44. The van der Waals surface area contributed by atoms with Crippen LogP contribution in [0.2, 0.25) is 0 Å². The molecule has 132 valence electrons. The highest BCUT2D eigenvalue weighted by atomic mass is 16.5. The van der Waals surface area contributed by atoms with Crippen LogP contribution in [0.25, 0.3) is 0 Å². The van der Waals surface area contributed by atoms with Crippen molar-refractivity contribution in [2.24, 2.45) is 0 Å². The quantitative estimate of drug-likeness (QED) is 0.745. The molecule has 0 saturated heterocycles. The Morgan fingerprint density at radius 3 is 2.08 bits per heavy atom. The SMILES string of the molecule is COc1cc(NC(=O)CC(=O)NC2CCCC2)cc(OC)c1OC. The summed E-state index contributed by atoms with van der Waals surface area (Å²) in [7, 11) is 4.50. The molecule has 0 unspecified atom stereocenters. The maximum Gasteiger partial charge on any atom is 0.233 e. The minimum atomic E-state index is -0.389. The van der Waals surface area contributed by atoms with E-state index < -0.39 is 0 Å². The van der Waals surface area contributed by atoms with Crippen LogP contribution in [-0.4, -0.2) is 39.2 Å². The fraction of sp³-hybridized carbons (Fsp3) is 0.529. The van der Waals surface area contributed by atoms with Gasteiger partial charge in [0, 0.05) is 23.9 Å². The van der Waals surface area contributed by atoms with Gasteiger partial charge in [-0.3, -0.25) is 9.59 Å². The molecule has 2 amide bonds. The molecule has 7 heteroatoms. The van der Waals surface area contributed by atoms with Crippen molar-refractivity contribution in [3.63, 3.8) is 0 Å². The Balaban J connectivity index is 1.98. The number of hydrogen-bond acceptors (Lipinski definition) is 5. The minimum absolute atomic E-state index is 0.200. The molecule has 0 bridgehead atoms. The number of ether oxygens (including phenoxy) is 3. The lowest BCUT2D eigenvalue weighted by Crippen LogP contribution is -2.35. The summed E-state index contributed by atoms with van der Waals surface area (Å²) in [6.45, 7) is 0. The van der Waals surface area contributed by atoms with Crippen LogP contribution in [0, 0.1) is 0 Å². The zero-order valence-electron chi connectivity index (χ0n) is 14.3. The molecule has 2 rings (SSSR count). The molecule has 1 aliphatic rings. The van der Waals surface area contributed by atoms with Gasteiger partial charge in [0.2, 0.25) is 17.6 Å². The second-order valence-corrected chi connectivity index (χ2v) is 5.69. The van der Waals surface area contributed by atoms with Gasteiger partial charge in [0.05, 0.1) is 21.3 Å². The molecule has 2 N–H and O–H groups in total. The summed E-state index contributed by atoms with van der Waals surface area (Å²) >= 11 is 0. The average Bonchev–Trinajstić information content (AvgIpc) is 3.06. The topological polar surface area (TPSA) is 85.9 Å². The molecule has 1 aromatic carbocycles. The molecule has 0 radical (unpaired) electrons. The van der Waals surface area contributed by atoms with Gasteiger partial charge in [-0.15, -0.1) is 0 Å². The van der Waals surface area contributed by atoms with Crippen LogP contribution in [-0.2, 0) is 9.59 Å². The molecule has 1 saturated carbocycles. The highest BCUT2D eigenvalue weighted by Gasteiger charge is 2.19. The van der Waals surface area contributed by atoms with Gasteiger partial charge >= 0.3 is 0 Å². The van der Waals surface area contributed by atoms with Crippen LogP contribution >= 0.6 is 0 Å². The van der Waals surface area contributed by atoms with E-state index in [1.165, 1.54) is 21.3 Å². The molecule has 0 atom stereocenters. The molecule has 1 fully saturated rings. The summed E-state index contributed by atoms with van der Waals surface area (Å²) in [5, 5.41) is 5.57. The normalized spacial score (nSPS) is 14.1. The third kappa shape index (κ3) is 4.53. The molecule has 7 nitrogen and oxygen atoms in total. The molecule has 0 aromatic heterocycles. The third-order valence-electron chi connectivity index (χ3n) is 3.99. The standard InChI is InChI=1S/C17H24N2O5/c1-22-13-8-12(9-14(23-2)17(13)24-3)19-16(21)10-15(20)18-11-6-4-5-7-11/h8-9,11H,4-7,10H2,1-3H3,(H,18,20)(H,19,21). The minimum Gasteiger partial charge on any atom is -0.493 e. The zero-order valence-corrected chi connectivity index (χ0v) is 14.3. The number of nitrogens with one attached hydrogen (secondary N) is 2. The Hall–Kier alpha value is -2.44. The van der Waals surface area contributed by atoms with Crippen LogP contribution in [0.15, 0.2) is 12.1 Å². The highest BCUT2D eigenvalue weighted by Crippen LogP contribution is 2.39. The predicted octanol–water partition coefficient (Wildman–Crippen LogP) is 2.10. The summed E-state index contributed by atoms with van der Waals surface area (Å²) in [6.07, 6.45) is 4.01. The second kappa shape index (κ2) is 8.42. The lowest BCUT2D eigenvalue weighted by atomic mass is 10.2. The monoisotopic (exact) mass is 336 g/mol. The van der Waals surface area contributed by atoms with Gasteiger partial charge in [-0.25, -0.2) is 0 Å². The molecular weight excluding hydrogens is 312 g/mol. The van der Waals surface area contributed by atoms with E-state index in [-0.39, 0.29) is 24.3 Å². The predicted molar refractivity (Wildman–Crippen MR) is 89.7 cm³/mol. The summed E-state index contributed by atoms with van der Waals surface area (Å²) in [5.41, 5.74) is 0.475. The molecule has 24 heavy (non-hydrogen) atoms. The number of amides is 2. The summed E-state index contributed by atoms with van der Waals surface area (Å²) < 4.78 is 15.7. The van der Waals surface area contributed by atoms with Gasteiger partial charge in [0.25, 0.3) is 0 Å². The van der Waals surface area contributed by atoms with Crippen LogP contribution in [0.5, 0.6) is 17.2 Å². The summed E-state index contributed by atoms with van der Waals surface area (Å²) in [5.74, 6) is 0.661. The van der Waals surface area contributed by atoms with E-state index in [4.69, 9.17) is 14.2 Å². The van der Waals surface area contributed by atoms with Crippen LogP contribution in [0.1, 0.15) is 32.1 Å². The first kappa shape index (κ1) is 17.9. The third-order valence-corrected chi connectivity index (χ3v) is 3.99. The first-order chi connectivity index (χ1) is 11.6. The molecule has 0 aliphatic heterocycles. The van der Waals surface area contributed by atoms with Gasteiger partial charge in [0.1, 0.15) is 6.42 Å². The summed E-state index contributed by atoms with van der Waals surface area (Å²) in [4.78, 5) is 24.0. The maximum absolute atomic E-state index is 12.1. The van der Waals surface area contributed by atoms with Crippen LogP contribution < -0.4 is 24.8 Å². The zero-order chi connectivity index (χ0) is 17.5. The molecular formula is C17H24N2O5. The van der Waals surface area contributed by atoms with Crippen molar-refractivity contribution in [2.45, 2.75) is 38.1 Å². The van der Waals surface area contributed by atoms with Crippen molar-refractivity contribution < 1.29 is 23.8 Å². The van der Waals surface area contributed by atoms with Crippen molar-refractivity contribution >= 4 is 17.5 Å². The van der Waals surface area contributed by atoms with E-state index in [0.29, 0.717) is 22.9 Å². The molecule has 1 aliphatic carbocycles. The lowest BCUT2D eigenvalue weighted by molar-refractivity contribution is -0.127. The van der Waals surface area contributed by atoms with Crippen molar-refractivity contribution in [2.75, 3.05) is 26.6 Å². The maximum atomic E-state index is 12.1. The Morgan fingerprint density at radius 2 is 1.58 bits per heavy atom. The fourth-order valence-corrected chi connectivity index (χ4v) is 2.85. The number of benzene rings is 1. The Kier molecular flexibility index (Phi) is 6.28. The first-order valence-corrected chi connectivity index (χ1v) is 7.96. The number of rotatable bonds is 7. The van der Waals surface area contributed by atoms with Gasteiger partial charge < -0.3 is 24.8 Å². The fourth-order valence-electron chi connectivity index (χ4n) is 2.85. The van der Waals surface area contributed by atoms with Gasteiger partial charge in [-0.1, -0.05) is 12.8 Å². The lowest BCUT2D eigenvalue weighted by Gasteiger charge is -2.15. The van der Waals surface area contributed by atoms with Crippen molar-refractivity contribution in [1.29, 1.82) is 0 Å². The second-order valence-electron chi connectivity index (χ2n) is 5.69. The highest BCUT2D eigenvalue weighted by molar-refractivity contribution is 6.03. The number of methoxy groups -OCH3 is 3.